The van der Waals surface area contributed by atoms with Gasteiger partial charge in [-0.2, -0.15) is 8.97 Å². The van der Waals surface area contributed by atoms with Gasteiger partial charge in [0.2, 0.25) is 11.2 Å². The van der Waals surface area contributed by atoms with Crippen molar-refractivity contribution in [2.75, 3.05) is 7.11 Å². The molecule has 0 spiro atoms. The number of para-hydroxylation sites is 1. The van der Waals surface area contributed by atoms with Gasteiger partial charge in [-0.15, -0.1) is 0 Å². The summed E-state index contributed by atoms with van der Waals surface area (Å²) >= 11 is 0. The Balaban J connectivity index is 1.83. The summed E-state index contributed by atoms with van der Waals surface area (Å²) in [5.41, 5.74) is 6.91. The Morgan fingerprint density at radius 1 is 0.971 bits per heavy atom. The van der Waals surface area contributed by atoms with E-state index in [1.807, 2.05) is 52.6 Å². The van der Waals surface area contributed by atoms with Crippen molar-refractivity contribution in [2.24, 2.45) is 0 Å². The number of carbonyl (C=O) groups excluding carboxylic acids is 1. The molecule has 5 nitrogen and oxygen atoms in total. The summed E-state index contributed by atoms with van der Waals surface area (Å²) in [7, 11) is 1.38. The van der Waals surface area contributed by atoms with E-state index in [0.29, 0.717) is 5.69 Å². The number of benzene rings is 3. The van der Waals surface area contributed by atoms with E-state index in [-0.39, 0.29) is 5.82 Å². The Morgan fingerprint density at radius 2 is 1.71 bits per heavy atom. The fraction of sp³-hybridized carbons (Fsp3) is 0.0714. The van der Waals surface area contributed by atoms with Crippen molar-refractivity contribution in [2.45, 2.75) is 6.92 Å². The molecule has 0 saturated carbocycles. The normalized spacial score (nSPS) is 11.5. The van der Waals surface area contributed by atoms with Gasteiger partial charge in [0.05, 0.1) is 12.6 Å². The van der Waals surface area contributed by atoms with Crippen LogP contribution in [-0.4, -0.2) is 22.6 Å². The van der Waals surface area contributed by atoms with Gasteiger partial charge < -0.3 is 9.72 Å². The van der Waals surface area contributed by atoms with E-state index in [9.17, 15) is 9.18 Å². The lowest BCUT2D eigenvalue weighted by Crippen LogP contribution is -2.29. The highest BCUT2D eigenvalue weighted by atomic mass is 19.1. The monoisotopic (exact) mass is 450 g/mol. The maximum absolute atomic E-state index is 13.7. The molecule has 3 aromatic carbocycles. The van der Waals surface area contributed by atoms with Crippen LogP contribution >= 0.6 is 0 Å². The highest BCUT2D eigenvalue weighted by Crippen LogP contribution is 2.34. The van der Waals surface area contributed by atoms with Gasteiger partial charge in [-0.1, -0.05) is 48.0 Å². The minimum absolute atomic E-state index is 0.307. The molecule has 34 heavy (non-hydrogen) atoms. The molecule has 0 atom stereocenters. The number of fused-ring (bicyclic) bond motifs is 5. The minimum Gasteiger partial charge on any atom is -0.463 e. The topological polar surface area (TPSA) is 51.1 Å². The van der Waals surface area contributed by atoms with E-state index in [1.165, 1.54) is 19.2 Å². The SMILES string of the molecule is COC(=O)c1cc2c3ccccc3[nH]c2c2c(-c3ccc(C)cc3)n(-c3ccc(F)cc3)c[n+]12. The zero-order valence-electron chi connectivity index (χ0n) is 18.7. The Bertz CT molecular complexity index is 1710. The molecule has 1 N–H and O–H groups in total. The van der Waals surface area contributed by atoms with Crippen LogP contribution in [0.3, 0.4) is 0 Å². The zero-order valence-corrected chi connectivity index (χ0v) is 18.7. The van der Waals surface area contributed by atoms with Crippen molar-refractivity contribution < 1.29 is 18.3 Å². The average molecular weight is 450 g/mol. The number of nitrogens with zero attached hydrogens (tertiary/aromatic N) is 2. The van der Waals surface area contributed by atoms with Gasteiger partial charge in [-0.25, -0.2) is 9.18 Å². The van der Waals surface area contributed by atoms with Crippen LogP contribution in [0, 0.1) is 12.7 Å². The first kappa shape index (κ1) is 20.2. The van der Waals surface area contributed by atoms with Gasteiger partial charge in [0.15, 0.2) is 5.69 Å². The van der Waals surface area contributed by atoms with Crippen LogP contribution in [0.2, 0.25) is 0 Å². The maximum Gasteiger partial charge on any atom is 0.378 e. The van der Waals surface area contributed by atoms with Crippen LogP contribution in [0.15, 0.2) is 85.2 Å². The van der Waals surface area contributed by atoms with Crippen molar-refractivity contribution in [3.05, 3.63) is 102 Å². The molecule has 0 unspecified atom stereocenters. The highest BCUT2D eigenvalue weighted by molar-refractivity contribution is 6.14. The molecule has 0 aliphatic carbocycles. The Kier molecular flexibility index (Phi) is 4.48. The van der Waals surface area contributed by atoms with Crippen molar-refractivity contribution in [1.82, 2.24) is 9.55 Å². The first-order valence-electron chi connectivity index (χ1n) is 11.0. The number of esters is 1. The third-order valence-electron chi connectivity index (χ3n) is 6.29. The molecule has 6 aromatic rings. The average Bonchev–Trinajstić information content (AvgIpc) is 3.43. The lowest BCUT2D eigenvalue weighted by Gasteiger charge is -2.04. The predicted molar refractivity (Wildman–Crippen MR) is 130 cm³/mol. The summed E-state index contributed by atoms with van der Waals surface area (Å²) in [6.45, 7) is 2.04. The number of aromatic nitrogens is 3. The van der Waals surface area contributed by atoms with Crippen molar-refractivity contribution in [1.29, 1.82) is 0 Å². The van der Waals surface area contributed by atoms with Crippen LogP contribution in [0.1, 0.15) is 16.1 Å². The number of hydrogen-bond acceptors (Lipinski definition) is 2. The number of nitrogens with one attached hydrogen (secondary N) is 1. The van der Waals surface area contributed by atoms with Crippen LogP contribution in [-0.2, 0) is 4.74 Å². The zero-order chi connectivity index (χ0) is 23.4. The van der Waals surface area contributed by atoms with E-state index in [0.717, 1.165) is 49.8 Å². The molecule has 0 amide bonds. The number of imidazole rings is 1. The van der Waals surface area contributed by atoms with Gasteiger partial charge in [-0.05, 0) is 37.3 Å². The number of ether oxygens (including phenoxy) is 1. The third kappa shape index (κ3) is 2.99. The number of aryl methyl sites for hydroxylation is 1. The summed E-state index contributed by atoms with van der Waals surface area (Å²) < 4.78 is 22.7. The molecule has 0 saturated heterocycles. The molecule has 166 valence electrons. The fourth-order valence-electron chi connectivity index (χ4n) is 4.63. The predicted octanol–water partition coefficient (Wildman–Crippen LogP) is 5.75. The van der Waals surface area contributed by atoms with Gasteiger partial charge in [0, 0.05) is 27.9 Å². The van der Waals surface area contributed by atoms with Crippen molar-refractivity contribution >= 4 is 33.3 Å². The lowest BCUT2D eigenvalue weighted by atomic mass is 10.1. The number of carbonyl (C=O) groups is 1. The number of H-pyrrole nitrogens is 1. The molecule has 0 aliphatic rings. The third-order valence-corrected chi connectivity index (χ3v) is 6.29. The summed E-state index contributed by atoms with van der Waals surface area (Å²) in [6.07, 6.45) is 1.86. The first-order valence-corrected chi connectivity index (χ1v) is 11.0. The van der Waals surface area contributed by atoms with E-state index >= 15 is 0 Å². The molecule has 0 aliphatic heterocycles. The number of aromatic amines is 1. The van der Waals surface area contributed by atoms with Crippen LogP contribution in [0.25, 0.3) is 44.3 Å². The number of pyridine rings is 1. The summed E-state index contributed by atoms with van der Waals surface area (Å²) in [5, 5.41) is 1.95. The number of hydrogen-bond donors (Lipinski definition) is 1. The molecule has 3 aromatic heterocycles. The molecule has 6 rings (SSSR count). The van der Waals surface area contributed by atoms with Gasteiger partial charge in [0.25, 0.3) is 6.33 Å². The first-order chi connectivity index (χ1) is 16.5. The Hall–Kier alpha value is -4.45. The molecule has 6 heteroatoms. The molecular weight excluding hydrogens is 429 g/mol. The number of methoxy groups -OCH3 is 1. The van der Waals surface area contributed by atoms with Crippen LogP contribution < -0.4 is 4.40 Å². The van der Waals surface area contributed by atoms with Gasteiger partial charge in [-0.3, -0.25) is 0 Å². The highest BCUT2D eigenvalue weighted by Gasteiger charge is 2.29. The fourth-order valence-corrected chi connectivity index (χ4v) is 4.63. The summed E-state index contributed by atoms with van der Waals surface area (Å²) in [5.74, 6) is -0.743. The second kappa shape index (κ2) is 7.56. The largest absolute Gasteiger partial charge is 0.463 e. The summed E-state index contributed by atoms with van der Waals surface area (Å²) in [6, 6.07) is 24.4. The second-order valence-electron chi connectivity index (χ2n) is 8.38. The molecule has 0 radical (unpaired) electrons. The van der Waals surface area contributed by atoms with E-state index in [4.69, 9.17) is 4.74 Å². The van der Waals surface area contributed by atoms with Crippen LogP contribution in [0.5, 0.6) is 0 Å². The Labute approximate surface area is 194 Å². The summed E-state index contributed by atoms with van der Waals surface area (Å²) in [4.78, 5) is 16.5. The Morgan fingerprint density at radius 3 is 2.44 bits per heavy atom. The smallest absolute Gasteiger partial charge is 0.378 e. The van der Waals surface area contributed by atoms with E-state index in [2.05, 4.69) is 29.2 Å². The molecule has 3 heterocycles. The van der Waals surface area contributed by atoms with Crippen molar-refractivity contribution in [3.63, 3.8) is 0 Å². The van der Waals surface area contributed by atoms with E-state index in [1.54, 1.807) is 12.1 Å². The lowest BCUT2D eigenvalue weighted by molar-refractivity contribution is -0.514. The molecular formula is C28H21FN3O2+. The van der Waals surface area contributed by atoms with E-state index < -0.39 is 5.97 Å². The standard InChI is InChI=1S/C28H20FN3O2/c1-17-7-9-18(10-8-17)26-27-25-22(21-5-3-4-6-23(21)30-25)15-24(28(33)34-2)32(27)16-31(26)20-13-11-19(29)12-14-20/h3-16H,1-2H3/p+1. The second-order valence-corrected chi connectivity index (χ2v) is 8.38. The van der Waals surface area contributed by atoms with Crippen molar-refractivity contribution in [3.8, 4) is 16.9 Å². The number of halogens is 1. The molecule has 0 fully saturated rings. The quantitative estimate of drug-likeness (QED) is 0.276. The van der Waals surface area contributed by atoms with Gasteiger partial charge >= 0.3 is 5.97 Å². The molecule has 0 bridgehead atoms. The van der Waals surface area contributed by atoms with Gasteiger partial charge in [0.1, 0.15) is 11.5 Å². The number of rotatable bonds is 3. The maximum atomic E-state index is 13.7. The van der Waals surface area contributed by atoms with Crippen LogP contribution in [0.4, 0.5) is 4.39 Å². The minimum atomic E-state index is -0.436.